The van der Waals surface area contributed by atoms with E-state index in [-0.39, 0.29) is 11.8 Å². The Hall–Kier alpha value is -3.13. The standard InChI is InChI=1S/C22H26ClN5O3/c1-11-9-12(2)28(26-11)15(5)22(30)25-19-8-7-17(10-18(19)23)24-21(29)13(3)20-14(4)27-31-16(20)6/h7-10,13,15H,1-6H3,(H,24,29)(H,25,30). The number of halogens is 1. The van der Waals surface area contributed by atoms with Gasteiger partial charge >= 0.3 is 0 Å². The molecule has 0 aliphatic rings. The number of carbonyl (C=O) groups is 2. The molecule has 0 radical (unpaired) electrons. The zero-order chi connectivity index (χ0) is 22.9. The van der Waals surface area contributed by atoms with Gasteiger partial charge in [0.15, 0.2) is 0 Å². The summed E-state index contributed by atoms with van der Waals surface area (Å²) in [4.78, 5) is 25.3. The Balaban J connectivity index is 1.69. The predicted molar refractivity (Wildman–Crippen MR) is 120 cm³/mol. The summed E-state index contributed by atoms with van der Waals surface area (Å²) >= 11 is 6.36. The lowest BCUT2D eigenvalue weighted by Crippen LogP contribution is -2.25. The molecule has 0 spiro atoms. The fourth-order valence-electron chi connectivity index (χ4n) is 3.57. The van der Waals surface area contributed by atoms with E-state index in [0.29, 0.717) is 27.9 Å². The summed E-state index contributed by atoms with van der Waals surface area (Å²) < 4.78 is 6.82. The largest absolute Gasteiger partial charge is 0.361 e. The molecule has 0 aliphatic carbocycles. The first kappa shape index (κ1) is 22.6. The molecule has 2 heterocycles. The highest BCUT2D eigenvalue weighted by Crippen LogP contribution is 2.29. The van der Waals surface area contributed by atoms with Crippen LogP contribution in [-0.2, 0) is 9.59 Å². The van der Waals surface area contributed by atoms with Crippen molar-refractivity contribution < 1.29 is 14.1 Å². The van der Waals surface area contributed by atoms with Crippen LogP contribution in [0.15, 0.2) is 28.8 Å². The monoisotopic (exact) mass is 443 g/mol. The van der Waals surface area contributed by atoms with E-state index in [1.807, 2.05) is 19.9 Å². The maximum atomic E-state index is 12.7. The number of benzene rings is 1. The third-order valence-electron chi connectivity index (χ3n) is 5.20. The molecule has 2 amide bonds. The van der Waals surface area contributed by atoms with Crippen LogP contribution in [0.2, 0.25) is 5.02 Å². The fraction of sp³-hybridized carbons (Fsp3) is 0.364. The van der Waals surface area contributed by atoms with Gasteiger partial charge in [0.1, 0.15) is 11.8 Å². The maximum Gasteiger partial charge on any atom is 0.248 e. The van der Waals surface area contributed by atoms with E-state index in [1.54, 1.807) is 50.6 Å². The van der Waals surface area contributed by atoms with Gasteiger partial charge in [0.05, 0.1) is 28.0 Å². The van der Waals surface area contributed by atoms with E-state index in [4.69, 9.17) is 16.1 Å². The van der Waals surface area contributed by atoms with Gasteiger partial charge in [-0.25, -0.2) is 0 Å². The maximum absolute atomic E-state index is 12.7. The molecule has 164 valence electrons. The number of hydrogen-bond acceptors (Lipinski definition) is 5. The highest BCUT2D eigenvalue weighted by molar-refractivity contribution is 6.34. The first-order chi connectivity index (χ1) is 14.6. The minimum Gasteiger partial charge on any atom is -0.361 e. The Kier molecular flexibility index (Phi) is 6.50. The second kappa shape index (κ2) is 8.93. The molecule has 2 atom stereocenters. The van der Waals surface area contributed by atoms with Crippen molar-refractivity contribution in [3.63, 3.8) is 0 Å². The first-order valence-electron chi connectivity index (χ1n) is 9.95. The number of nitrogens with zero attached hydrogens (tertiary/aromatic N) is 3. The van der Waals surface area contributed by atoms with Gasteiger partial charge in [0.2, 0.25) is 11.8 Å². The van der Waals surface area contributed by atoms with Crippen LogP contribution in [0.4, 0.5) is 11.4 Å². The summed E-state index contributed by atoms with van der Waals surface area (Å²) in [5.74, 6) is -0.267. The Labute approximate surface area is 185 Å². The summed E-state index contributed by atoms with van der Waals surface area (Å²) in [7, 11) is 0. The summed E-state index contributed by atoms with van der Waals surface area (Å²) in [5, 5.41) is 14.2. The number of amides is 2. The molecule has 2 unspecified atom stereocenters. The van der Waals surface area contributed by atoms with Crippen molar-refractivity contribution in [2.75, 3.05) is 10.6 Å². The zero-order valence-corrected chi connectivity index (χ0v) is 19.2. The van der Waals surface area contributed by atoms with E-state index in [1.165, 1.54) is 0 Å². The number of nitrogens with one attached hydrogen (secondary N) is 2. The average Bonchev–Trinajstić information content (AvgIpc) is 3.22. The molecular weight excluding hydrogens is 418 g/mol. The fourth-order valence-corrected chi connectivity index (χ4v) is 3.80. The van der Waals surface area contributed by atoms with E-state index < -0.39 is 12.0 Å². The molecule has 0 saturated heterocycles. The molecule has 0 fully saturated rings. The van der Waals surface area contributed by atoms with Crippen molar-refractivity contribution in [3.05, 3.63) is 57.7 Å². The van der Waals surface area contributed by atoms with Gasteiger partial charge in [-0.05, 0) is 65.8 Å². The van der Waals surface area contributed by atoms with Crippen LogP contribution in [0, 0.1) is 27.7 Å². The Bertz CT molecular complexity index is 1110. The Morgan fingerprint density at radius 3 is 2.32 bits per heavy atom. The highest BCUT2D eigenvalue weighted by Gasteiger charge is 2.23. The van der Waals surface area contributed by atoms with Crippen LogP contribution in [0.25, 0.3) is 0 Å². The third-order valence-corrected chi connectivity index (χ3v) is 5.51. The van der Waals surface area contributed by atoms with Gasteiger partial charge in [-0.2, -0.15) is 5.10 Å². The van der Waals surface area contributed by atoms with Crippen molar-refractivity contribution in [2.45, 2.75) is 53.5 Å². The number of rotatable bonds is 6. The third kappa shape index (κ3) is 4.80. The van der Waals surface area contributed by atoms with E-state index in [2.05, 4.69) is 20.9 Å². The van der Waals surface area contributed by atoms with Crippen LogP contribution in [0.5, 0.6) is 0 Å². The lowest BCUT2D eigenvalue weighted by Gasteiger charge is -2.16. The van der Waals surface area contributed by atoms with Crippen LogP contribution in [0.1, 0.15) is 54.2 Å². The number of anilines is 2. The SMILES string of the molecule is Cc1cc(C)n(C(C)C(=O)Nc2ccc(NC(=O)C(C)c3c(C)noc3C)cc2Cl)n1. The zero-order valence-electron chi connectivity index (χ0n) is 18.4. The molecular formula is C22H26ClN5O3. The van der Waals surface area contributed by atoms with Crippen LogP contribution < -0.4 is 10.6 Å². The molecule has 9 heteroatoms. The summed E-state index contributed by atoms with van der Waals surface area (Å²) in [5.41, 5.74) is 4.19. The summed E-state index contributed by atoms with van der Waals surface area (Å²) in [6.07, 6.45) is 0. The highest BCUT2D eigenvalue weighted by atomic mass is 35.5. The Morgan fingerprint density at radius 2 is 1.77 bits per heavy atom. The molecule has 3 aromatic rings. The average molecular weight is 444 g/mol. The number of hydrogen-bond donors (Lipinski definition) is 2. The van der Waals surface area contributed by atoms with Gasteiger partial charge in [0.25, 0.3) is 0 Å². The van der Waals surface area contributed by atoms with Crippen molar-refractivity contribution in [1.82, 2.24) is 14.9 Å². The van der Waals surface area contributed by atoms with E-state index >= 15 is 0 Å². The Morgan fingerprint density at radius 1 is 1.06 bits per heavy atom. The van der Waals surface area contributed by atoms with Gasteiger partial charge < -0.3 is 15.2 Å². The molecule has 3 rings (SSSR count). The number of aromatic nitrogens is 3. The number of aryl methyl sites for hydroxylation is 4. The second-order valence-electron chi connectivity index (χ2n) is 7.68. The van der Waals surface area contributed by atoms with Crippen molar-refractivity contribution in [3.8, 4) is 0 Å². The first-order valence-corrected chi connectivity index (χ1v) is 10.3. The smallest absolute Gasteiger partial charge is 0.248 e. The molecule has 2 N–H and O–H groups in total. The van der Waals surface area contributed by atoms with Gasteiger partial charge in [-0.15, -0.1) is 0 Å². The molecule has 0 saturated carbocycles. The quantitative estimate of drug-likeness (QED) is 0.574. The molecule has 31 heavy (non-hydrogen) atoms. The molecule has 0 aliphatic heterocycles. The van der Waals surface area contributed by atoms with E-state index in [9.17, 15) is 9.59 Å². The van der Waals surface area contributed by atoms with Gasteiger partial charge in [-0.1, -0.05) is 16.8 Å². The van der Waals surface area contributed by atoms with E-state index in [0.717, 1.165) is 17.0 Å². The second-order valence-corrected chi connectivity index (χ2v) is 8.09. The lowest BCUT2D eigenvalue weighted by atomic mass is 9.98. The normalized spacial score (nSPS) is 13.0. The lowest BCUT2D eigenvalue weighted by molar-refractivity contribution is -0.119. The van der Waals surface area contributed by atoms with Crippen LogP contribution >= 0.6 is 11.6 Å². The molecule has 8 nitrogen and oxygen atoms in total. The van der Waals surface area contributed by atoms with Crippen LogP contribution in [-0.4, -0.2) is 26.8 Å². The molecule has 0 bridgehead atoms. The van der Waals surface area contributed by atoms with Crippen molar-refractivity contribution in [2.24, 2.45) is 0 Å². The topological polar surface area (TPSA) is 102 Å². The van der Waals surface area contributed by atoms with Gasteiger partial charge in [-0.3, -0.25) is 14.3 Å². The predicted octanol–water partition coefficient (Wildman–Crippen LogP) is 4.70. The summed E-state index contributed by atoms with van der Waals surface area (Å²) in [6, 6.07) is 6.36. The minimum absolute atomic E-state index is 0.208. The number of carbonyl (C=O) groups excluding carboxylic acids is 2. The minimum atomic E-state index is -0.500. The van der Waals surface area contributed by atoms with Crippen molar-refractivity contribution >= 4 is 34.8 Å². The van der Waals surface area contributed by atoms with Gasteiger partial charge in [0, 0.05) is 16.9 Å². The molecule has 1 aromatic carbocycles. The summed E-state index contributed by atoms with van der Waals surface area (Å²) in [6.45, 7) is 10.9. The van der Waals surface area contributed by atoms with Crippen molar-refractivity contribution in [1.29, 1.82) is 0 Å². The van der Waals surface area contributed by atoms with Crippen LogP contribution in [0.3, 0.4) is 0 Å². The molecule has 2 aromatic heterocycles.